The van der Waals surface area contributed by atoms with Gasteiger partial charge in [-0.15, -0.1) is 0 Å². The van der Waals surface area contributed by atoms with Crippen LogP contribution in [0.5, 0.6) is 0 Å². The van der Waals surface area contributed by atoms with Crippen molar-refractivity contribution in [3.63, 3.8) is 0 Å². The third-order valence-electron chi connectivity index (χ3n) is 3.25. The van der Waals surface area contributed by atoms with E-state index in [0.717, 1.165) is 12.1 Å². The number of benzene rings is 1. The van der Waals surface area contributed by atoms with Gasteiger partial charge in [0.25, 0.3) is 5.24 Å². The summed E-state index contributed by atoms with van der Waals surface area (Å²) in [6, 6.07) is 2.89. The number of H-pyrrole nitrogens is 1. The van der Waals surface area contributed by atoms with Crippen molar-refractivity contribution in [3.05, 3.63) is 51.8 Å². The Morgan fingerprint density at radius 2 is 2.04 bits per heavy atom. The minimum Gasteiger partial charge on any atom is -0.337 e. The van der Waals surface area contributed by atoms with E-state index in [9.17, 15) is 22.4 Å². The van der Waals surface area contributed by atoms with Gasteiger partial charge in [0.1, 0.15) is 11.5 Å². The van der Waals surface area contributed by atoms with Crippen LogP contribution < -0.4 is 0 Å². The standard InChI is InChI=1S/C14H11ClF4N2OS/c15-12(22)11-7-20-13(23)21(11)5-1-2-8-3-4-10(16)9(6-8)14(17,18)19/h3-4,6-7H,1-2,5H2,(H,20,23). The van der Waals surface area contributed by atoms with Crippen LogP contribution in [0.15, 0.2) is 24.4 Å². The highest BCUT2D eigenvalue weighted by Crippen LogP contribution is 2.32. The summed E-state index contributed by atoms with van der Waals surface area (Å²) in [6.45, 7) is 0.300. The molecule has 3 nitrogen and oxygen atoms in total. The minimum absolute atomic E-state index is 0.187. The summed E-state index contributed by atoms with van der Waals surface area (Å²) < 4.78 is 52.9. The predicted molar refractivity (Wildman–Crippen MR) is 79.5 cm³/mol. The maximum Gasteiger partial charge on any atom is 0.419 e. The molecule has 0 radical (unpaired) electrons. The van der Waals surface area contributed by atoms with Crippen LogP contribution in [0, 0.1) is 10.6 Å². The highest BCUT2D eigenvalue weighted by molar-refractivity contribution is 7.71. The molecular weight excluding hydrogens is 356 g/mol. The van der Waals surface area contributed by atoms with E-state index >= 15 is 0 Å². The van der Waals surface area contributed by atoms with Crippen molar-refractivity contribution in [1.29, 1.82) is 0 Å². The molecule has 2 aromatic rings. The lowest BCUT2D eigenvalue weighted by molar-refractivity contribution is -0.140. The number of halogens is 5. The number of aromatic nitrogens is 2. The average Bonchev–Trinajstić information content (AvgIpc) is 2.81. The molecule has 0 unspecified atom stereocenters. The van der Waals surface area contributed by atoms with Crippen molar-refractivity contribution in [3.8, 4) is 0 Å². The van der Waals surface area contributed by atoms with Crippen molar-refractivity contribution in [2.75, 3.05) is 0 Å². The molecule has 1 heterocycles. The first-order valence-electron chi connectivity index (χ1n) is 6.54. The maximum atomic E-state index is 13.2. The van der Waals surface area contributed by atoms with Gasteiger partial charge in [0.05, 0.1) is 5.56 Å². The van der Waals surface area contributed by atoms with E-state index in [1.165, 1.54) is 16.8 Å². The normalized spacial score (nSPS) is 11.7. The van der Waals surface area contributed by atoms with Crippen molar-refractivity contribution in [1.82, 2.24) is 9.55 Å². The van der Waals surface area contributed by atoms with Gasteiger partial charge in [-0.2, -0.15) is 13.2 Å². The number of alkyl halides is 3. The predicted octanol–water partition coefficient (Wildman–Crippen LogP) is 4.72. The van der Waals surface area contributed by atoms with Gasteiger partial charge in [0.15, 0.2) is 4.77 Å². The number of hydrogen-bond donors (Lipinski definition) is 1. The molecule has 0 saturated carbocycles. The smallest absolute Gasteiger partial charge is 0.337 e. The second-order valence-corrected chi connectivity index (χ2v) is 5.55. The van der Waals surface area contributed by atoms with E-state index in [1.807, 2.05) is 0 Å². The molecule has 1 N–H and O–H groups in total. The first kappa shape index (κ1) is 17.7. The van der Waals surface area contributed by atoms with Gasteiger partial charge in [-0.05, 0) is 54.4 Å². The monoisotopic (exact) mass is 366 g/mol. The zero-order chi connectivity index (χ0) is 17.2. The second kappa shape index (κ2) is 6.84. The van der Waals surface area contributed by atoms with Gasteiger partial charge < -0.3 is 9.55 Å². The van der Waals surface area contributed by atoms with Gasteiger partial charge >= 0.3 is 6.18 Å². The highest BCUT2D eigenvalue weighted by Gasteiger charge is 2.34. The Morgan fingerprint density at radius 3 is 2.65 bits per heavy atom. The molecule has 0 atom stereocenters. The lowest BCUT2D eigenvalue weighted by Crippen LogP contribution is -2.09. The zero-order valence-electron chi connectivity index (χ0n) is 11.6. The molecule has 0 spiro atoms. The fourth-order valence-electron chi connectivity index (χ4n) is 2.17. The van der Waals surface area contributed by atoms with Crippen LogP contribution in [0.3, 0.4) is 0 Å². The average molecular weight is 367 g/mol. The van der Waals surface area contributed by atoms with Crippen LogP contribution in [0.2, 0.25) is 0 Å². The lowest BCUT2D eigenvalue weighted by Gasteiger charge is -2.10. The molecule has 0 aliphatic carbocycles. The van der Waals surface area contributed by atoms with E-state index < -0.39 is 22.8 Å². The molecule has 0 bridgehead atoms. The largest absolute Gasteiger partial charge is 0.419 e. The molecule has 1 aromatic carbocycles. The lowest BCUT2D eigenvalue weighted by atomic mass is 10.1. The Balaban J connectivity index is 2.10. The number of rotatable bonds is 5. The number of aromatic amines is 1. The fourth-order valence-corrected chi connectivity index (χ4v) is 2.57. The molecule has 0 amide bonds. The maximum absolute atomic E-state index is 13.2. The van der Waals surface area contributed by atoms with Crippen LogP contribution in [0.4, 0.5) is 17.6 Å². The van der Waals surface area contributed by atoms with Gasteiger partial charge in [-0.3, -0.25) is 4.79 Å². The molecule has 1 aromatic heterocycles. The zero-order valence-corrected chi connectivity index (χ0v) is 13.2. The number of nitrogens with zero attached hydrogens (tertiary/aromatic N) is 1. The van der Waals surface area contributed by atoms with Crippen molar-refractivity contribution >= 4 is 29.1 Å². The van der Waals surface area contributed by atoms with Crippen LogP contribution in [-0.2, 0) is 19.1 Å². The fraction of sp³-hybridized carbons (Fsp3) is 0.286. The Bertz CT molecular complexity index is 782. The van der Waals surface area contributed by atoms with Crippen molar-refractivity contribution in [2.45, 2.75) is 25.6 Å². The Kier molecular flexibility index (Phi) is 5.26. The van der Waals surface area contributed by atoms with Crippen LogP contribution in [0.25, 0.3) is 0 Å². The Morgan fingerprint density at radius 1 is 1.35 bits per heavy atom. The molecule has 124 valence electrons. The number of hydrogen-bond acceptors (Lipinski definition) is 2. The third kappa shape index (κ3) is 4.20. The van der Waals surface area contributed by atoms with Gasteiger partial charge in [0, 0.05) is 12.7 Å². The summed E-state index contributed by atoms with van der Waals surface area (Å²) in [4.78, 5) is 13.9. The summed E-state index contributed by atoms with van der Waals surface area (Å²) in [5.41, 5.74) is -0.754. The highest BCUT2D eigenvalue weighted by atomic mass is 35.5. The summed E-state index contributed by atoms with van der Waals surface area (Å²) in [6.07, 6.45) is -2.68. The number of imidazole rings is 1. The summed E-state index contributed by atoms with van der Waals surface area (Å²) in [5, 5.41) is -0.682. The SMILES string of the molecule is O=C(Cl)c1c[nH]c(=S)n1CCCc1ccc(F)c(C(F)(F)F)c1. The molecule has 0 aliphatic heterocycles. The third-order valence-corrected chi connectivity index (χ3v) is 3.78. The minimum atomic E-state index is -4.73. The van der Waals surface area contributed by atoms with Gasteiger partial charge in [-0.1, -0.05) is 6.07 Å². The number of nitrogens with one attached hydrogen (secondary N) is 1. The molecule has 0 saturated heterocycles. The summed E-state index contributed by atoms with van der Waals surface area (Å²) >= 11 is 10.4. The van der Waals surface area contributed by atoms with E-state index in [4.69, 9.17) is 23.8 Å². The number of aryl methyl sites for hydroxylation is 1. The van der Waals surface area contributed by atoms with Gasteiger partial charge in [0.2, 0.25) is 0 Å². The first-order chi connectivity index (χ1) is 10.7. The van der Waals surface area contributed by atoms with E-state index in [1.54, 1.807) is 0 Å². The topological polar surface area (TPSA) is 37.8 Å². The Hall–Kier alpha value is -1.67. The van der Waals surface area contributed by atoms with E-state index in [-0.39, 0.29) is 12.1 Å². The van der Waals surface area contributed by atoms with Crippen molar-refractivity contribution < 1.29 is 22.4 Å². The van der Waals surface area contributed by atoms with Crippen LogP contribution >= 0.6 is 23.8 Å². The van der Waals surface area contributed by atoms with Crippen LogP contribution in [-0.4, -0.2) is 14.8 Å². The van der Waals surface area contributed by atoms with E-state index in [2.05, 4.69) is 4.98 Å². The second-order valence-electron chi connectivity index (χ2n) is 4.82. The Labute approximate surface area is 138 Å². The van der Waals surface area contributed by atoms with Crippen molar-refractivity contribution in [2.24, 2.45) is 0 Å². The van der Waals surface area contributed by atoms with E-state index in [0.29, 0.717) is 23.3 Å². The number of carbonyl (C=O) groups is 1. The summed E-state index contributed by atoms with van der Waals surface area (Å²) in [5.74, 6) is -1.30. The molecule has 9 heteroatoms. The molecule has 0 fully saturated rings. The van der Waals surface area contributed by atoms with Crippen LogP contribution in [0.1, 0.15) is 28.0 Å². The summed E-state index contributed by atoms with van der Waals surface area (Å²) in [7, 11) is 0. The molecule has 0 aliphatic rings. The quantitative estimate of drug-likeness (QED) is 0.472. The van der Waals surface area contributed by atoms with Gasteiger partial charge in [-0.25, -0.2) is 4.39 Å². The first-order valence-corrected chi connectivity index (χ1v) is 7.32. The number of carbonyl (C=O) groups excluding carboxylic acids is 1. The molecule has 23 heavy (non-hydrogen) atoms. The molecule has 2 rings (SSSR count). The molecular formula is C14H11ClF4N2OS.